The van der Waals surface area contributed by atoms with Crippen molar-refractivity contribution in [3.8, 4) is 0 Å². The Morgan fingerprint density at radius 2 is 2.36 bits per heavy atom. The number of rotatable bonds is 3. The molecule has 5 nitrogen and oxygen atoms in total. The standard InChI is InChI=1S/C9H12N4O/c10-13-8-3-4-11-5-7(8)9(14)12-6-1-2-6/h3-6H,1-2,10H2,(H,11,13)(H,12,14). The summed E-state index contributed by atoms with van der Waals surface area (Å²) in [6, 6.07) is 2.01. The van der Waals surface area contributed by atoms with Gasteiger partial charge in [-0.25, -0.2) is 0 Å². The van der Waals surface area contributed by atoms with E-state index < -0.39 is 0 Å². The Morgan fingerprint density at radius 1 is 1.57 bits per heavy atom. The number of carbonyl (C=O) groups is 1. The molecule has 5 heteroatoms. The Bertz CT molecular complexity index is 348. The number of nitrogens with two attached hydrogens (primary N) is 1. The van der Waals surface area contributed by atoms with Gasteiger partial charge >= 0.3 is 0 Å². The highest BCUT2D eigenvalue weighted by Crippen LogP contribution is 2.20. The van der Waals surface area contributed by atoms with E-state index in [9.17, 15) is 4.79 Å². The highest BCUT2D eigenvalue weighted by molar-refractivity contribution is 5.99. The quantitative estimate of drug-likeness (QED) is 0.474. The molecule has 1 heterocycles. The Hall–Kier alpha value is -1.62. The van der Waals surface area contributed by atoms with E-state index >= 15 is 0 Å². The first kappa shape index (κ1) is 8.96. The van der Waals surface area contributed by atoms with E-state index in [0.717, 1.165) is 12.8 Å². The molecule has 1 aliphatic carbocycles. The van der Waals surface area contributed by atoms with Crippen LogP contribution in [-0.4, -0.2) is 16.9 Å². The fourth-order valence-electron chi connectivity index (χ4n) is 1.19. The van der Waals surface area contributed by atoms with Crippen molar-refractivity contribution >= 4 is 11.6 Å². The third-order valence-electron chi connectivity index (χ3n) is 2.13. The SMILES string of the molecule is NNc1ccncc1C(=O)NC1CC1. The lowest BCUT2D eigenvalue weighted by Gasteiger charge is -2.07. The van der Waals surface area contributed by atoms with Crippen molar-refractivity contribution in [3.63, 3.8) is 0 Å². The molecule has 2 rings (SSSR count). The number of nitrogen functional groups attached to an aromatic ring is 1. The van der Waals surface area contributed by atoms with Gasteiger partial charge in [0.1, 0.15) is 0 Å². The van der Waals surface area contributed by atoms with Crippen LogP contribution in [0.4, 0.5) is 5.69 Å². The lowest BCUT2D eigenvalue weighted by atomic mass is 10.2. The molecule has 0 radical (unpaired) electrons. The summed E-state index contributed by atoms with van der Waals surface area (Å²) in [6.07, 6.45) is 5.23. The van der Waals surface area contributed by atoms with Crippen molar-refractivity contribution in [3.05, 3.63) is 24.0 Å². The van der Waals surface area contributed by atoms with Gasteiger partial charge < -0.3 is 10.7 Å². The average Bonchev–Trinajstić information content (AvgIpc) is 3.01. The Balaban J connectivity index is 2.16. The van der Waals surface area contributed by atoms with Crippen LogP contribution >= 0.6 is 0 Å². The minimum atomic E-state index is -0.117. The van der Waals surface area contributed by atoms with E-state index in [4.69, 9.17) is 5.84 Å². The summed E-state index contributed by atoms with van der Waals surface area (Å²) < 4.78 is 0. The van der Waals surface area contributed by atoms with Gasteiger partial charge in [0.05, 0.1) is 11.3 Å². The minimum Gasteiger partial charge on any atom is -0.349 e. The second-order valence-corrected chi connectivity index (χ2v) is 3.31. The van der Waals surface area contributed by atoms with Gasteiger partial charge in [-0.15, -0.1) is 0 Å². The summed E-state index contributed by atoms with van der Waals surface area (Å²) in [5, 5.41) is 2.87. The van der Waals surface area contributed by atoms with Gasteiger partial charge in [-0.05, 0) is 18.9 Å². The third-order valence-corrected chi connectivity index (χ3v) is 2.13. The van der Waals surface area contributed by atoms with Gasteiger partial charge in [0.2, 0.25) is 0 Å². The van der Waals surface area contributed by atoms with E-state index in [-0.39, 0.29) is 5.91 Å². The van der Waals surface area contributed by atoms with Gasteiger partial charge in [0, 0.05) is 18.4 Å². The molecule has 0 bridgehead atoms. The Kier molecular flexibility index (Phi) is 2.32. The van der Waals surface area contributed by atoms with Crippen LogP contribution in [0.2, 0.25) is 0 Å². The van der Waals surface area contributed by atoms with Gasteiger partial charge in [0.25, 0.3) is 5.91 Å². The molecule has 0 aromatic carbocycles. The zero-order chi connectivity index (χ0) is 9.97. The van der Waals surface area contributed by atoms with Gasteiger partial charge in [-0.3, -0.25) is 15.6 Å². The van der Waals surface area contributed by atoms with Crippen molar-refractivity contribution in [1.29, 1.82) is 0 Å². The Morgan fingerprint density at radius 3 is 3.00 bits per heavy atom. The molecule has 1 aliphatic rings. The van der Waals surface area contributed by atoms with Crippen LogP contribution in [0.3, 0.4) is 0 Å². The molecule has 74 valence electrons. The minimum absolute atomic E-state index is 0.117. The van der Waals surface area contributed by atoms with E-state index in [1.807, 2.05) is 0 Å². The number of carbonyl (C=O) groups excluding carboxylic acids is 1. The summed E-state index contributed by atoms with van der Waals surface area (Å²) >= 11 is 0. The second-order valence-electron chi connectivity index (χ2n) is 3.31. The van der Waals surface area contributed by atoms with Crippen molar-refractivity contribution in [2.75, 3.05) is 5.43 Å². The largest absolute Gasteiger partial charge is 0.349 e. The number of anilines is 1. The molecule has 14 heavy (non-hydrogen) atoms. The number of hydrazine groups is 1. The number of hydrogen-bond acceptors (Lipinski definition) is 4. The zero-order valence-electron chi connectivity index (χ0n) is 7.66. The molecule has 0 atom stereocenters. The maximum atomic E-state index is 11.6. The molecular weight excluding hydrogens is 180 g/mol. The highest BCUT2D eigenvalue weighted by atomic mass is 16.1. The number of hydrogen-bond donors (Lipinski definition) is 3. The van der Waals surface area contributed by atoms with Crippen molar-refractivity contribution in [1.82, 2.24) is 10.3 Å². The van der Waals surface area contributed by atoms with E-state index in [0.29, 0.717) is 17.3 Å². The molecular formula is C9H12N4O. The van der Waals surface area contributed by atoms with Crippen LogP contribution in [0.5, 0.6) is 0 Å². The highest BCUT2D eigenvalue weighted by Gasteiger charge is 2.24. The van der Waals surface area contributed by atoms with Crippen molar-refractivity contribution in [2.24, 2.45) is 5.84 Å². The normalized spacial score (nSPS) is 14.9. The monoisotopic (exact) mass is 192 g/mol. The lowest BCUT2D eigenvalue weighted by molar-refractivity contribution is 0.0951. The summed E-state index contributed by atoms with van der Waals surface area (Å²) in [6.45, 7) is 0. The first-order valence-corrected chi connectivity index (χ1v) is 4.53. The zero-order valence-corrected chi connectivity index (χ0v) is 7.66. The van der Waals surface area contributed by atoms with Crippen LogP contribution in [0.1, 0.15) is 23.2 Å². The van der Waals surface area contributed by atoms with Crippen molar-refractivity contribution in [2.45, 2.75) is 18.9 Å². The van der Waals surface area contributed by atoms with Gasteiger partial charge in [0.15, 0.2) is 0 Å². The van der Waals surface area contributed by atoms with Gasteiger partial charge in [-0.2, -0.15) is 0 Å². The molecule has 1 aromatic heterocycles. The maximum Gasteiger partial charge on any atom is 0.255 e. The Labute approximate surface area is 81.7 Å². The topological polar surface area (TPSA) is 80.0 Å². The molecule has 4 N–H and O–H groups in total. The summed E-state index contributed by atoms with van der Waals surface area (Å²) in [5.74, 6) is 5.16. The van der Waals surface area contributed by atoms with E-state index in [2.05, 4.69) is 15.7 Å². The number of nitrogens with zero attached hydrogens (tertiary/aromatic N) is 1. The number of nitrogens with one attached hydrogen (secondary N) is 2. The summed E-state index contributed by atoms with van der Waals surface area (Å²) in [4.78, 5) is 15.5. The van der Waals surface area contributed by atoms with Crippen LogP contribution in [-0.2, 0) is 0 Å². The molecule has 1 saturated carbocycles. The van der Waals surface area contributed by atoms with Gasteiger partial charge in [-0.1, -0.05) is 0 Å². The van der Waals surface area contributed by atoms with E-state index in [1.165, 1.54) is 6.20 Å². The molecule has 0 saturated heterocycles. The predicted molar refractivity (Wildman–Crippen MR) is 52.5 cm³/mol. The van der Waals surface area contributed by atoms with Crippen LogP contribution in [0, 0.1) is 0 Å². The van der Waals surface area contributed by atoms with Crippen LogP contribution < -0.4 is 16.6 Å². The molecule has 0 aliphatic heterocycles. The first-order valence-electron chi connectivity index (χ1n) is 4.53. The summed E-state index contributed by atoms with van der Waals surface area (Å²) in [7, 11) is 0. The average molecular weight is 192 g/mol. The number of amides is 1. The lowest BCUT2D eigenvalue weighted by Crippen LogP contribution is -2.27. The molecule has 1 amide bonds. The van der Waals surface area contributed by atoms with E-state index in [1.54, 1.807) is 12.3 Å². The number of pyridine rings is 1. The summed E-state index contributed by atoms with van der Waals surface area (Å²) in [5.41, 5.74) is 3.55. The van der Waals surface area contributed by atoms with Crippen LogP contribution in [0.15, 0.2) is 18.5 Å². The smallest absolute Gasteiger partial charge is 0.255 e. The molecule has 0 unspecified atom stereocenters. The molecule has 0 spiro atoms. The van der Waals surface area contributed by atoms with Crippen molar-refractivity contribution < 1.29 is 4.79 Å². The predicted octanol–water partition coefficient (Wildman–Crippen LogP) is 0.259. The maximum absolute atomic E-state index is 11.6. The number of aromatic nitrogens is 1. The fourth-order valence-corrected chi connectivity index (χ4v) is 1.19. The fraction of sp³-hybridized carbons (Fsp3) is 0.333. The third kappa shape index (κ3) is 1.82. The first-order chi connectivity index (χ1) is 6.81. The molecule has 1 fully saturated rings. The molecule has 1 aromatic rings. The second kappa shape index (κ2) is 3.63. The van der Waals surface area contributed by atoms with Crippen LogP contribution in [0.25, 0.3) is 0 Å².